The highest BCUT2D eigenvalue weighted by Crippen LogP contribution is 2.22. The lowest BCUT2D eigenvalue weighted by Crippen LogP contribution is -2.30. The zero-order chi connectivity index (χ0) is 11.5. The van der Waals surface area contributed by atoms with Gasteiger partial charge in [-0.15, -0.1) is 0 Å². The van der Waals surface area contributed by atoms with Gasteiger partial charge in [-0.1, -0.05) is 23.7 Å². The van der Waals surface area contributed by atoms with E-state index in [1.54, 1.807) is 6.20 Å². The Morgan fingerprint density at radius 2 is 2.19 bits per heavy atom. The minimum atomic E-state index is -0.0293. The van der Waals surface area contributed by atoms with Crippen molar-refractivity contribution in [1.29, 1.82) is 0 Å². The molecule has 2 aromatic rings. The van der Waals surface area contributed by atoms with Gasteiger partial charge in [0, 0.05) is 23.5 Å². The second-order valence-corrected chi connectivity index (χ2v) is 4.28. The molecule has 84 valence electrons. The third-order valence-electron chi connectivity index (χ3n) is 2.50. The number of aromatic nitrogens is 2. The van der Waals surface area contributed by atoms with E-state index < -0.39 is 0 Å². The highest BCUT2D eigenvalue weighted by atomic mass is 35.5. The van der Waals surface area contributed by atoms with Crippen molar-refractivity contribution in [3.8, 4) is 0 Å². The van der Waals surface area contributed by atoms with E-state index in [0.717, 1.165) is 10.6 Å². The molecule has 0 saturated carbocycles. The Morgan fingerprint density at radius 3 is 2.75 bits per heavy atom. The van der Waals surface area contributed by atoms with Gasteiger partial charge in [0.05, 0.1) is 6.04 Å². The fourth-order valence-electron chi connectivity index (χ4n) is 1.83. The topological polar surface area (TPSA) is 43.8 Å². The summed E-state index contributed by atoms with van der Waals surface area (Å²) in [5, 5.41) is 4.96. The molecule has 0 fully saturated rings. The summed E-state index contributed by atoms with van der Waals surface area (Å²) in [4.78, 5) is 0. The van der Waals surface area contributed by atoms with Crippen LogP contribution in [-0.4, -0.2) is 15.8 Å². The van der Waals surface area contributed by atoms with Crippen molar-refractivity contribution in [3.05, 3.63) is 53.3 Å². The first-order valence-corrected chi connectivity index (χ1v) is 5.56. The number of benzene rings is 1. The maximum absolute atomic E-state index is 6.01. The minimum absolute atomic E-state index is 0.0219. The van der Waals surface area contributed by atoms with Crippen molar-refractivity contribution in [1.82, 2.24) is 9.78 Å². The predicted octanol–water partition coefficient (Wildman–Crippen LogP) is 2.47. The lowest BCUT2D eigenvalue weighted by molar-refractivity contribution is 0.454. The van der Waals surface area contributed by atoms with E-state index in [4.69, 9.17) is 17.3 Å². The van der Waals surface area contributed by atoms with Crippen molar-refractivity contribution >= 4 is 11.6 Å². The first-order chi connectivity index (χ1) is 7.68. The summed E-state index contributed by atoms with van der Waals surface area (Å²) in [6.45, 7) is 1.97. The summed E-state index contributed by atoms with van der Waals surface area (Å²) < 4.78 is 1.86. The van der Waals surface area contributed by atoms with E-state index in [9.17, 15) is 0 Å². The molecular weight excluding hydrogens is 222 g/mol. The average molecular weight is 236 g/mol. The molecule has 1 aromatic carbocycles. The molecule has 0 amide bonds. The second kappa shape index (κ2) is 4.68. The Labute approximate surface area is 99.8 Å². The van der Waals surface area contributed by atoms with Crippen LogP contribution in [-0.2, 0) is 0 Å². The van der Waals surface area contributed by atoms with Crippen LogP contribution >= 0.6 is 11.6 Å². The maximum atomic E-state index is 6.01. The summed E-state index contributed by atoms with van der Waals surface area (Å²) >= 11 is 5.98. The van der Waals surface area contributed by atoms with Gasteiger partial charge in [0.15, 0.2) is 0 Å². The number of halogens is 1. The quantitative estimate of drug-likeness (QED) is 0.888. The summed E-state index contributed by atoms with van der Waals surface area (Å²) in [7, 11) is 0. The van der Waals surface area contributed by atoms with Crippen molar-refractivity contribution < 1.29 is 0 Å². The number of nitrogens with two attached hydrogens (primary N) is 1. The van der Waals surface area contributed by atoms with Gasteiger partial charge in [-0.2, -0.15) is 5.10 Å². The molecule has 4 heteroatoms. The van der Waals surface area contributed by atoms with Crippen LogP contribution in [0.4, 0.5) is 0 Å². The monoisotopic (exact) mass is 235 g/mol. The highest BCUT2D eigenvalue weighted by Gasteiger charge is 2.18. The van der Waals surface area contributed by atoms with E-state index in [-0.39, 0.29) is 12.1 Å². The molecule has 2 atom stereocenters. The van der Waals surface area contributed by atoms with Gasteiger partial charge in [-0.3, -0.25) is 4.68 Å². The van der Waals surface area contributed by atoms with E-state index in [2.05, 4.69) is 5.10 Å². The fourth-order valence-corrected chi connectivity index (χ4v) is 2.03. The molecule has 1 aromatic heterocycles. The number of nitrogens with zero attached hydrogens (tertiary/aromatic N) is 2. The van der Waals surface area contributed by atoms with Crippen molar-refractivity contribution in [2.75, 3.05) is 0 Å². The molecule has 0 aliphatic carbocycles. The molecule has 3 nitrogen and oxygen atoms in total. The molecule has 0 bridgehead atoms. The van der Waals surface area contributed by atoms with Crippen molar-refractivity contribution in [3.63, 3.8) is 0 Å². The molecule has 0 radical (unpaired) electrons. The molecule has 16 heavy (non-hydrogen) atoms. The summed E-state index contributed by atoms with van der Waals surface area (Å²) in [5.41, 5.74) is 7.08. The highest BCUT2D eigenvalue weighted by molar-refractivity contribution is 6.30. The first-order valence-electron chi connectivity index (χ1n) is 5.18. The molecule has 2 rings (SSSR count). The van der Waals surface area contributed by atoms with Crippen LogP contribution < -0.4 is 5.73 Å². The van der Waals surface area contributed by atoms with Crippen LogP contribution in [0.3, 0.4) is 0 Å². The summed E-state index contributed by atoms with van der Waals surface area (Å²) in [6.07, 6.45) is 3.66. The van der Waals surface area contributed by atoms with Gasteiger partial charge in [0.25, 0.3) is 0 Å². The molecule has 0 spiro atoms. The SMILES string of the molecule is CC(N)C(c1cccc(Cl)c1)n1cccn1. The van der Waals surface area contributed by atoms with Gasteiger partial charge in [0.2, 0.25) is 0 Å². The summed E-state index contributed by atoms with van der Waals surface area (Å²) in [5.74, 6) is 0. The molecule has 2 unspecified atom stereocenters. The largest absolute Gasteiger partial charge is 0.326 e. The fraction of sp³-hybridized carbons (Fsp3) is 0.250. The number of hydrogen-bond donors (Lipinski definition) is 1. The van der Waals surface area contributed by atoms with Gasteiger partial charge in [-0.25, -0.2) is 0 Å². The van der Waals surface area contributed by atoms with Crippen LogP contribution in [0, 0.1) is 0 Å². The molecular formula is C12H14ClN3. The predicted molar refractivity (Wildman–Crippen MR) is 65.5 cm³/mol. The van der Waals surface area contributed by atoms with E-state index >= 15 is 0 Å². The second-order valence-electron chi connectivity index (χ2n) is 3.85. The lowest BCUT2D eigenvalue weighted by Gasteiger charge is -2.22. The summed E-state index contributed by atoms with van der Waals surface area (Å²) in [6, 6.07) is 9.61. The van der Waals surface area contributed by atoms with E-state index in [1.807, 2.05) is 48.1 Å². The molecule has 0 aliphatic heterocycles. The zero-order valence-electron chi connectivity index (χ0n) is 9.05. The Bertz CT molecular complexity index is 451. The maximum Gasteiger partial charge on any atom is 0.0917 e. The van der Waals surface area contributed by atoms with E-state index in [0.29, 0.717) is 0 Å². The van der Waals surface area contributed by atoms with Crippen LogP contribution in [0.5, 0.6) is 0 Å². The van der Waals surface area contributed by atoms with Gasteiger partial charge >= 0.3 is 0 Å². The molecule has 0 aliphatic rings. The Morgan fingerprint density at radius 1 is 1.38 bits per heavy atom. The normalized spacial score (nSPS) is 14.7. The Hall–Kier alpha value is -1.32. The van der Waals surface area contributed by atoms with Gasteiger partial charge in [0.1, 0.15) is 0 Å². The first kappa shape index (κ1) is 11.2. The van der Waals surface area contributed by atoms with Crippen molar-refractivity contribution in [2.24, 2.45) is 5.73 Å². The smallest absolute Gasteiger partial charge is 0.0917 e. The zero-order valence-corrected chi connectivity index (χ0v) is 9.80. The third-order valence-corrected chi connectivity index (χ3v) is 2.73. The molecule has 1 heterocycles. The Kier molecular flexibility index (Phi) is 3.27. The lowest BCUT2D eigenvalue weighted by atomic mass is 10.0. The standard InChI is InChI=1S/C12H14ClN3/c1-9(14)12(16-7-3-6-15-16)10-4-2-5-11(13)8-10/h2-9,12H,14H2,1H3. The van der Waals surface area contributed by atoms with Gasteiger partial charge in [-0.05, 0) is 30.7 Å². The Balaban J connectivity index is 2.41. The third kappa shape index (κ3) is 2.26. The minimum Gasteiger partial charge on any atom is -0.326 e. The molecule has 2 N–H and O–H groups in total. The number of rotatable bonds is 3. The van der Waals surface area contributed by atoms with Crippen LogP contribution in [0.2, 0.25) is 5.02 Å². The van der Waals surface area contributed by atoms with Crippen LogP contribution in [0.15, 0.2) is 42.7 Å². The average Bonchev–Trinajstić information content (AvgIpc) is 2.71. The van der Waals surface area contributed by atoms with Crippen LogP contribution in [0.1, 0.15) is 18.5 Å². The van der Waals surface area contributed by atoms with E-state index in [1.165, 1.54) is 0 Å². The molecule has 0 saturated heterocycles. The number of hydrogen-bond acceptors (Lipinski definition) is 2. The van der Waals surface area contributed by atoms with Crippen molar-refractivity contribution in [2.45, 2.75) is 19.0 Å². The van der Waals surface area contributed by atoms with Gasteiger partial charge < -0.3 is 5.73 Å². The van der Waals surface area contributed by atoms with Crippen LogP contribution in [0.25, 0.3) is 0 Å².